The maximum atomic E-state index is 13.6. The highest BCUT2D eigenvalue weighted by atomic mass is 127. The highest BCUT2D eigenvalue weighted by Crippen LogP contribution is 2.42. The van der Waals surface area contributed by atoms with E-state index in [0.717, 1.165) is 54.6 Å². The van der Waals surface area contributed by atoms with Crippen LogP contribution < -0.4 is 0 Å². The first-order chi connectivity index (χ1) is 21.2. The number of carbonyl (C=O) groups excluding carboxylic acids is 2. The number of hydrogen-bond donors (Lipinski definition) is 0. The number of alkyl halides is 3. The van der Waals surface area contributed by atoms with E-state index in [-0.39, 0.29) is 6.54 Å². The quantitative estimate of drug-likeness (QED) is 0.146. The first kappa shape index (κ1) is 32.8. The number of nitrogens with zero attached hydrogens (tertiary/aromatic N) is 1. The summed E-state index contributed by atoms with van der Waals surface area (Å²) in [6, 6.07) is 18.3. The lowest BCUT2D eigenvalue weighted by Gasteiger charge is -2.24. The van der Waals surface area contributed by atoms with Crippen LogP contribution in [0.2, 0.25) is 5.02 Å². The molecule has 1 fully saturated rings. The largest absolute Gasteiger partial charge is 0.465 e. The summed E-state index contributed by atoms with van der Waals surface area (Å²) >= 11 is 9.06. The Morgan fingerprint density at radius 2 is 1.69 bits per heavy atom. The maximum Gasteiger partial charge on any atom is 0.416 e. The number of aryl methyl sites for hydroxylation is 3. The number of amides is 1. The lowest BCUT2D eigenvalue weighted by atomic mass is 9.92. The molecule has 2 atom stereocenters. The van der Waals surface area contributed by atoms with Crippen LogP contribution in [0.5, 0.6) is 0 Å². The molecule has 4 aromatic carbocycles. The Hall–Kier alpha value is -3.57. The first-order valence-electron chi connectivity index (χ1n) is 14.1. The molecule has 0 N–H and O–H groups in total. The molecule has 4 aromatic rings. The summed E-state index contributed by atoms with van der Waals surface area (Å²) in [5.41, 5.74) is 6.49. The van der Waals surface area contributed by atoms with Gasteiger partial charge < -0.3 is 9.47 Å². The van der Waals surface area contributed by atoms with E-state index in [0.29, 0.717) is 21.7 Å². The molecule has 10 heteroatoms. The highest BCUT2D eigenvalue weighted by Gasteiger charge is 2.41. The van der Waals surface area contributed by atoms with Crippen LogP contribution in [0.3, 0.4) is 0 Å². The van der Waals surface area contributed by atoms with Gasteiger partial charge in [0, 0.05) is 19.7 Å². The minimum atomic E-state index is -4.52. The number of esters is 1. The molecule has 0 radical (unpaired) electrons. The van der Waals surface area contributed by atoms with Gasteiger partial charge in [0.2, 0.25) is 0 Å². The molecular formula is C35H30ClF3INO4. The number of ether oxygens (including phenoxy) is 2. The summed E-state index contributed by atoms with van der Waals surface area (Å²) in [5, 5.41) is 0.514. The lowest BCUT2D eigenvalue weighted by molar-refractivity contribution is -0.137. The monoisotopic (exact) mass is 747 g/mol. The third-order valence-electron chi connectivity index (χ3n) is 8.00. The minimum absolute atomic E-state index is 0.162. The number of rotatable bonds is 6. The molecule has 45 heavy (non-hydrogen) atoms. The summed E-state index contributed by atoms with van der Waals surface area (Å²) in [7, 11) is 1.34. The third kappa shape index (κ3) is 6.70. The second kappa shape index (κ2) is 12.7. The molecule has 1 heterocycles. The van der Waals surface area contributed by atoms with Crippen LogP contribution in [0.15, 0.2) is 66.7 Å². The van der Waals surface area contributed by atoms with E-state index in [2.05, 4.69) is 22.6 Å². The van der Waals surface area contributed by atoms with Crippen LogP contribution >= 0.6 is 34.2 Å². The average molecular weight is 748 g/mol. The van der Waals surface area contributed by atoms with Crippen molar-refractivity contribution in [2.24, 2.45) is 0 Å². The number of methoxy groups -OCH3 is 1. The zero-order chi connectivity index (χ0) is 32.8. The molecule has 234 valence electrons. The number of hydrogen-bond acceptors (Lipinski definition) is 4. The molecule has 0 saturated carbocycles. The Morgan fingerprint density at radius 1 is 0.978 bits per heavy atom. The van der Waals surface area contributed by atoms with Gasteiger partial charge in [-0.1, -0.05) is 41.4 Å². The van der Waals surface area contributed by atoms with E-state index in [1.54, 1.807) is 36.9 Å². The van der Waals surface area contributed by atoms with Crippen molar-refractivity contribution in [2.45, 2.75) is 52.6 Å². The van der Waals surface area contributed by atoms with Gasteiger partial charge in [0.15, 0.2) is 0 Å². The standard InChI is InChI=1S/C35H30ClF3INO4/c1-18-10-24(15-26(12-18)35(37,38)39)32-21(4)41(34(43)45-32)17-25-11-19(2)13-30(40)31(25)28-16-22(7-9-29(28)36)27-8-6-23(14-20(27)3)33(42)44-5/h6-16,21,32H,17H2,1-5H3/t21-,32-/m0/s1. The van der Waals surface area contributed by atoms with E-state index in [1.165, 1.54) is 7.11 Å². The predicted molar refractivity (Wildman–Crippen MR) is 176 cm³/mol. The van der Waals surface area contributed by atoms with Crippen LogP contribution in [0.1, 0.15) is 56.8 Å². The van der Waals surface area contributed by atoms with E-state index >= 15 is 0 Å². The minimum Gasteiger partial charge on any atom is -0.465 e. The third-order valence-corrected chi connectivity index (χ3v) is 9.18. The van der Waals surface area contributed by atoms with Gasteiger partial charge in [0.1, 0.15) is 6.10 Å². The van der Waals surface area contributed by atoms with Crippen molar-refractivity contribution in [3.8, 4) is 22.3 Å². The molecule has 0 bridgehead atoms. The fourth-order valence-corrected chi connectivity index (χ4v) is 7.18. The Bertz CT molecular complexity index is 1820. The summed E-state index contributed by atoms with van der Waals surface area (Å²) in [4.78, 5) is 26.8. The molecule has 0 aliphatic carbocycles. The van der Waals surface area contributed by atoms with Gasteiger partial charge in [0.05, 0.1) is 30.8 Å². The zero-order valence-electron chi connectivity index (χ0n) is 25.2. The predicted octanol–water partition coefficient (Wildman–Crippen LogP) is 10.1. The topological polar surface area (TPSA) is 55.8 Å². The van der Waals surface area contributed by atoms with Crippen molar-refractivity contribution in [1.82, 2.24) is 4.90 Å². The number of halogens is 5. The fourth-order valence-electron chi connectivity index (χ4n) is 5.84. The maximum absolute atomic E-state index is 13.6. The van der Waals surface area contributed by atoms with Crippen molar-refractivity contribution >= 4 is 46.3 Å². The molecule has 5 nitrogen and oxygen atoms in total. The molecule has 0 aromatic heterocycles. The van der Waals surface area contributed by atoms with Crippen LogP contribution in [0.25, 0.3) is 22.3 Å². The van der Waals surface area contributed by atoms with E-state index in [1.807, 2.05) is 50.2 Å². The number of benzene rings is 4. The molecule has 1 amide bonds. The van der Waals surface area contributed by atoms with Gasteiger partial charge in [-0.05, 0) is 126 Å². The molecule has 0 spiro atoms. The van der Waals surface area contributed by atoms with Gasteiger partial charge >= 0.3 is 18.2 Å². The van der Waals surface area contributed by atoms with E-state index in [4.69, 9.17) is 21.1 Å². The average Bonchev–Trinajstić information content (AvgIpc) is 3.25. The van der Waals surface area contributed by atoms with Crippen LogP contribution in [0, 0.1) is 24.3 Å². The SMILES string of the molecule is COC(=O)c1ccc(-c2ccc(Cl)c(-c3c(I)cc(C)cc3CN3C(=O)O[C@H](c4cc(C)cc(C(F)(F)F)c4)[C@@H]3C)c2)c(C)c1. The molecule has 1 aliphatic rings. The van der Waals surface area contributed by atoms with Crippen molar-refractivity contribution in [3.05, 3.63) is 114 Å². The summed E-state index contributed by atoms with van der Waals surface area (Å²) in [6.07, 6.45) is -5.99. The first-order valence-corrected chi connectivity index (χ1v) is 15.6. The van der Waals surface area contributed by atoms with Crippen molar-refractivity contribution < 1.29 is 32.2 Å². The van der Waals surface area contributed by atoms with Gasteiger partial charge in [-0.25, -0.2) is 9.59 Å². The van der Waals surface area contributed by atoms with Crippen molar-refractivity contribution in [1.29, 1.82) is 0 Å². The fraction of sp³-hybridized carbons (Fsp3) is 0.257. The lowest BCUT2D eigenvalue weighted by Crippen LogP contribution is -2.31. The summed E-state index contributed by atoms with van der Waals surface area (Å²) in [5.74, 6) is -0.416. The van der Waals surface area contributed by atoms with Gasteiger partial charge in [-0.2, -0.15) is 13.2 Å². The van der Waals surface area contributed by atoms with Crippen LogP contribution in [-0.2, 0) is 22.2 Å². The van der Waals surface area contributed by atoms with E-state index < -0.39 is 35.9 Å². The summed E-state index contributed by atoms with van der Waals surface area (Å²) < 4.78 is 52.1. The highest BCUT2D eigenvalue weighted by molar-refractivity contribution is 14.1. The van der Waals surface area contributed by atoms with Gasteiger partial charge in [-0.15, -0.1) is 0 Å². The van der Waals surface area contributed by atoms with E-state index in [9.17, 15) is 22.8 Å². The molecule has 0 unspecified atom stereocenters. The van der Waals surface area contributed by atoms with Crippen LogP contribution in [0.4, 0.5) is 18.0 Å². The van der Waals surface area contributed by atoms with Crippen LogP contribution in [-0.4, -0.2) is 30.1 Å². The molecule has 5 rings (SSSR count). The Morgan fingerprint density at radius 3 is 2.36 bits per heavy atom. The molecule has 1 saturated heterocycles. The Labute approximate surface area is 278 Å². The number of carbonyl (C=O) groups is 2. The molecule has 1 aliphatic heterocycles. The second-order valence-electron chi connectivity index (χ2n) is 11.3. The molecular weight excluding hydrogens is 718 g/mol. The Balaban J connectivity index is 1.53. The normalized spacial score (nSPS) is 16.6. The van der Waals surface area contributed by atoms with Crippen molar-refractivity contribution in [2.75, 3.05) is 7.11 Å². The summed E-state index contributed by atoms with van der Waals surface area (Å²) in [6.45, 7) is 7.40. The van der Waals surface area contributed by atoms with Gasteiger partial charge in [0.25, 0.3) is 0 Å². The van der Waals surface area contributed by atoms with Gasteiger partial charge in [-0.3, -0.25) is 4.90 Å². The second-order valence-corrected chi connectivity index (χ2v) is 12.9. The Kier molecular flexibility index (Phi) is 9.24. The smallest absolute Gasteiger partial charge is 0.416 e. The zero-order valence-corrected chi connectivity index (χ0v) is 28.1. The van der Waals surface area contributed by atoms with Crippen molar-refractivity contribution in [3.63, 3.8) is 0 Å². The number of cyclic esters (lactones) is 1.